The number of nitrogens with zero attached hydrogens (tertiary/aromatic N) is 5. The third-order valence-corrected chi connectivity index (χ3v) is 2.50. The summed E-state index contributed by atoms with van der Waals surface area (Å²) in [6, 6.07) is 3.52. The van der Waals surface area contributed by atoms with Gasteiger partial charge in [0.2, 0.25) is 11.7 Å². The molecule has 0 aliphatic heterocycles. The van der Waals surface area contributed by atoms with E-state index in [0.29, 0.717) is 35.6 Å². The van der Waals surface area contributed by atoms with Gasteiger partial charge in [0.15, 0.2) is 5.76 Å². The van der Waals surface area contributed by atoms with Crippen LogP contribution in [-0.4, -0.2) is 25.1 Å². The quantitative estimate of drug-likeness (QED) is 0.668. The fraction of sp³-hybridized carbons (Fsp3) is 0.200. The van der Waals surface area contributed by atoms with Crippen molar-refractivity contribution in [3.05, 3.63) is 36.2 Å². The van der Waals surface area contributed by atoms with E-state index in [9.17, 15) is 0 Å². The molecule has 0 unspecified atom stereocenters. The van der Waals surface area contributed by atoms with Crippen molar-refractivity contribution in [1.29, 1.82) is 0 Å². The standard InChI is InChI=1S/C10H8ClN5O2/c11-4-7-5-16(15-13-7)6-9-12-10(14-18-9)8-2-1-3-17-8/h1-3,5H,4,6H2. The summed E-state index contributed by atoms with van der Waals surface area (Å²) in [6.07, 6.45) is 3.28. The van der Waals surface area contributed by atoms with Crippen molar-refractivity contribution in [1.82, 2.24) is 25.1 Å². The molecule has 7 nitrogen and oxygen atoms in total. The van der Waals surface area contributed by atoms with Crippen molar-refractivity contribution in [2.24, 2.45) is 0 Å². The van der Waals surface area contributed by atoms with Crippen LogP contribution >= 0.6 is 11.6 Å². The lowest BCUT2D eigenvalue weighted by atomic mass is 10.4. The second kappa shape index (κ2) is 4.61. The Hall–Kier alpha value is -2.15. The van der Waals surface area contributed by atoms with Crippen LogP contribution in [-0.2, 0) is 12.4 Å². The van der Waals surface area contributed by atoms with Crippen molar-refractivity contribution in [2.75, 3.05) is 0 Å². The van der Waals surface area contributed by atoms with Gasteiger partial charge in [0.1, 0.15) is 6.54 Å². The normalized spacial score (nSPS) is 10.9. The van der Waals surface area contributed by atoms with Gasteiger partial charge in [-0.05, 0) is 12.1 Å². The summed E-state index contributed by atoms with van der Waals surface area (Å²) in [4.78, 5) is 4.19. The van der Waals surface area contributed by atoms with E-state index in [1.165, 1.54) is 0 Å². The maximum absolute atomic E-state index is 5.64. The summed E-state index contributed by atoms with van der Waals surface area (Å²) in [6.45, 7) is 0.345. The molecule has 0 aromatic carbocycles. The molecule has 0 radical (unpaired) electrons. The highest BCUT2D eigenvalue weighted by molar-refractivity contribution is 6.16. The maximum atomic E-state index is 5.64. The molecule has 0 bridgehead atoms. The maximum Gasteiger partial charge on any atom is 0.248 e. The van der Waals surface area contributed by atoms with E-state index in [4.69, 9.17) is 20.5 Å². The van der Waals surface area contributed by atoms with E-state index < -0.39 is 0 Å². The molecule has 0 saturated carbocycles. The van der Waals surface area contributed by atoms with Crippen LogP contribution in [0.25, 0.3) is 11.6 Å². The van der Waals surface area contributed by atoms with Crippen molar-refractivity contribution >= 4 is 11.6 Å². The van der Waals surface area contributed by atoms with Crippen molar-refractivity contribution in [3.8, 4) is 11.6 Å². The fourth-order valence-corrected chi connectivity index (χ4v) is 1.56. The first-order chi connectivity index (χ1) is 8.85. The van der Waals surface area contributed by atoms with Crippen LogP contribution in [0.2, 0.25) is 0 Å². The molecule has 0 spiro atoms. The summed E-state index contributed by atoms with van der Waals surface area (Å²) in [5.74, 6) is 1.71. The largest absolute Gasteiger partial charge is 0.461 e. The number of furan rings is 1. The molecule has 0 saturated heterocycles. The van der Waals surface area contributed by atoms with Crippen LogP contribution in [0.1, 0.15) is 11.6 Å². The zero-order valence-electron chi connectivity index (χ0n) is 9.15. The predicted molar refractivity (Wildman–Crippen MR) is 60.7 cm³/mol. The first kappa shape index (κ1) is 11.0. The SMILES string of the molecule is ClCc1cn(Cc2nc(-c3ccco3)no2)nn1. The van der Waals surface area contributed by atoms with E-state index in [-0.39, 0.29) is 0 Å². The van der Waals surface area contributed by atoms with Gasteiger partial charge in [-0.3, -0.25) is 0 Å². The third kappa shape index (κ3) is 2.12. The molecule has 3 rings (SSSR count). The van der Waals surface area contributed by atoms with Crippen molar-refractivity contribution in [3.63, 3.8) is 0 Å². The summed E-state index contributed by atoms with van der Waals surface area (Å²) < 4.78 is 11.8. The summed E-state index contributed by atoms with van der Waals surface area (Å²) in [7, 11) is 0. The van der Waals surface area contributed by atoms with Gasteiger partial charge in [0.25, 0.3) is 0 Å². The van der Waals surface area contributed by atoms with E-state index in [1.54, 1.807) is 29.3 Å². The highest BCUT2D eigenvalue weighted by Crippen LogP contribution is 2.15. The number of alkyl halides is 1. The third-order valence-electron chi connectivity index (χ3n) is 2.23. The Labute approximate surface area is 106 Å². The van der Waals surface area contributed by atoms with Crippen LogP contribution in [0.15, 0.2) is 33.5 Å². The number of rotatable bonds is 4. The monoisotopic (exact) mass is 265 g/mol. The van der Waals surface area contributed by atoms with Gasteiger partial charge in [-0.25, -0.2) is 4.68 Å². The molecule has 0 amide bonds. The molecule has 3 aromatic heterocycles. The minimum Gasteiger partial charge on any atom is -0.461 e. The fourth-order valence-electron chi connectivity index (χ4n) is 1.44. The average molecular weight is 266 g/mol. The molecule has 18 heavy (non-hydrogen) atoms. The van der Waals surface area contributed by atoms with Crippen LogP contribution in [0.4, 0.5) is 0 Å². The van der Waals surface area contributed by atoms with Gasteiger partial charge in [0, 0.05) is 0 Å². The van der Waals surface area contributed by atoms with Gasteiger partial charge in [-0.1, -0.05) is 10.4 Å². The molecule has 0 atom stereocenters. The molecule has 0 aliphatic carbocycles. The smallest absolute Gasteiger partial charge is 0.248 e. The van der Waals surface area contributed by atoms with Gasteiger partial charge >= 0.3 is 0 Å². The highest BCUT2D eigenvalue weighted by Gasteiger charge is 2.11. The van der Waals surface area contributed by atoms with Crippen molar-refractivity contribution in [2.45, 2.75) is 12.4 Å². The minimum atomic E-state index is 0.321. The molecule has 0 aliphatic rings. The average Bonchev–Trinajstić information content (AvgIpc) is 3.10. The molecule has 92 valence electrons. The molecule has 3 heterocycles. The molecular weight excluding hydrogens is 258 g/mol. The molecule has 3 aromatic rings. The van der Waals surface area contributed by atoms with Gasteiger partial charge in [0.05, 0.1) is 24.0 Å². The predicted octanol–water partition coefficient (Wildman–Crippen LogP) is 1.71. The van der Waals surface area contributed by atoms with Crippen LogP contribution < -0.4 is 0 Å². The van der Waals surface area contributed by atoms with E-state index in [0.717, 1.165) is 0 Å². The Kier molecular flexibility index (Phi) is 2.81. The van der Waals surface area contributed by atoms with Gasteiger partial charge in [-0.2, -0.15) is 4.98 Å². The highest BCUT2D eigenvalue weighted by atomic mass is 35.5. The van der Waals surface area contributed by atoms with Crippen molar-refractivity contribution < 1.29 is 8.94 Å². The summed E-state index contributed by atoms with van der Waals surface area (Å²) in [5, 5.41) is 11.6. The molecule has 8 heteroatoms. The Morgan fingerprint density at radius 3 is 3.06 bits per heavy atom. The lowest BCUT2D eigenvalue weighted by Gasteiger charge is -1.91. The minimum absolute atomic E-state index is 0.321. The first-order valence-corrected chi connectivity index (χ1v) is 5.70. The van der Waals surface area contributed by atoms with Crippen LogP contribution in [0.5, 0.6) is 0 Å². The topological polar surface area (TPSA) is 82.8 Å². The lowest BCUT2D eigenvalue weighted by Crippen LogP contribution is -2.00. The Morgan fingerprint density at radius 2 is 2.33 bits per heavy atom. The number of hydrogen-bond acceptors (Lipinski definition) is 6. The second-order valence-electron chi connectivity index (χ2n) is 3.53. The number of hydrogen-bond donors (Lipinski definition) is 0. The van der Waals surface area contributed by atoms with Crippen LogP contribution in [0, 0.1) is 0 Å². The molecule has 0 fully saturated rings. The van der Waals surface area contributed by atoms with E-state index in [1.807, 2.05) is 0 Å². The second-order valence-corrected chi connectivity index (χ2v) is 3.80. The lowest BCUT2D eigenvalue weighted by molar-refractivity contribution is 0.363. The zero-order chi connectivity index (χ0) is 12.4. The number of halogens is 1. The number of aromatic nitrogens is 5. The van der Waals surface area contributed by atoms with Crippen LogP contribution in [0.3, 0.4) is 0 Å². The zero-order valence-corrected chi connectivity index (χ0v) is 9.91. The first-order valence-electron chi connectivity index (χ1n) is 5.16. The Morgan fingerprint density at radius 1 is 1.39 bits per heavy atom. The van der Waals surface area contributed by atoms with E-state index >= 15 is 0 Å². The van der Waals surface area contributed by atoms with E-state index in [2.05, 4.69) is 20.5 Å². The molecular formula is C10H8ClN5O2. The summed E-state index contributed by atoms with van der Waals surface area (Å²) >= 11 is 5.64. The van der Waals surface area contributed by atoms with Gasteiger partial charge in [-0.15, -0.1) is 16.7 Å². The molecule has 0 N–H and O–H groups in total. The Balaban J connectivity index is 1.77. The summed E-state index contributed by atoms with van der Waals surface area (Å²) in [5.41, 5.74) is 0.697. The Bertz CT molecular complexity index is 630. The van der Waals surface area contributed by atoms with Gasteiger partial charge < -0.3 is 8.94 Å².